The van der Waals surface area contributed by atoms with Gasteiger partial charge in [0.15, 0.2) is 0 Å². The zero-order valence-corrected chi connectivity index (χ0v) is 19.6. The molecule has 0 saturated heterocycles. The minimum atomic E-state index is -0.341. The lowest BCUT2D eigenvalue weighted by molar-refractivity contribution is 0.0633. The maximum absolute atomic E-state index is 13.9. The van der Waals surface area contributed by atoms with Gasteiger partial charge in [0.05, 0.1) is 31.0 Å². The van der Waals surface area contributed by atoms with Crippen molar-refractivity contribution in [3.63, 3.8) is 0 Å². The predicted molar refractivity (Wildman–Crippen MR) is 127 cm³/mol. The van der Waals surface area contributed by atoms with E-state index in [9.17, 15) is 14.0 Å². The van der Waals surface area contributed by atoms with Crippen LogP contribution in [0.2, 0.25) is 0 Å². The molecule has 2 aliphatic rings. The number of benzene rings is 1. The lowest BCUT2D eigenvalue weighted by Crippen LogP contribution is -2.44. The van der Waals surface area contributed by atoms with Crippen molar-refractivity contribution in [2.45, 2.75) is 45.9 Å². The maximum Gasteiger partial charge on any atom is 0.272 e. The topological polar surface area (TPSA) is 87.1 Å². The van der Waals surface area contributed by atoms with E-state index in [1.807, 2.05) is 32.0 Å². The van der Waals surface area contributed by atoms with Gasteiger partial charge in [0.25, 0.3) is 11.8 Å². The number of H-pyrrole nitrogens is 1. The van der Waals surface area contributed by atoms with Crippen molar-refractivity contribution in [1.82, 2.24) is 29.5 Å². The molecule has 4 aromatic rings. The molecule has 1 atom stereocenters. The highest BCUT2D eigenvalue weighted by Gasteiger charge is 2.37. The zero-order chi connectivity index (χ0) is 24.3. The van der Waals surface area contributed by atoms with E-state index in [1.54, 1.807) is 26.7 Å². The van der Waals surface area contributed by atoms with Crippen molar-refractivity contribution < 1.29 is 14.0 Å². The minimum absolute atomic E-state index is 0.0871. The second-order valence-electron chi connectivity index (χ2n) is 9.40. The number of pyridine rings is 1. The van der Waals surface area contributed by atoms with Crippen molar-refractivity contribution >= 4 is 22.7 Å². The predicted octanol–water partition coefficient (Wildman–Crippen LogP) is 3.45. The normalized spacial score (nSPS) is 17.6. The maximum atomic E-state index is 13.9. The molecule has 3 aromatic heterocycles. The lowest BCUT2D eigenvalue weighted by Gasteiger charge is -2.33. The number of carbonyl (C=O) groups excluding carboxylic acids is 2. The molecule has 1 aromatic carbocycles. The number of halogens is 1. The zero-order valence-electron chi connectivity index (χ0n) is 19.6. The number of carbonyl (C=O) groups is 2. The Morgan fingerprint density at radius 3 is 2.89 bits per heavy atom. The molecule has 2 aliphatic heterocycles. The first-order chi connectivity index (χ1) is 16.9. The monoisotopic (exact) mass is 472 g/mol. The van der Waals surface area contributed by atoms with Gasteiger partial charge in [-0.1, -0.05) is 6.07 Å². The first-order valence-corrected chi connectivity index (χ1v) is 11.8. The molecule has 9 heteroatoms. The number of aromatic amines is 1. The van der Waals surface area contributed by atoms with E-state index in [4.69, 9.17) is 5.10 Å². The SMILES string of the molecule is Cc1cc(F)cc2[nH]c(C(=O)N3Cc4c(nn5c4C(=O)N(Cc4ccccn4)CC5)C[C@H]3C)cc12. The fourth-order valence-electron chi connectivity index (χ4n) is 5.22. The van der Waals surface area contributed by atoms with Crippen molar-refractivity contribution in [3.05, 3.63) is 82.3 Å². The van der Waals surface area contributed by atoms with Gasteiger partial charge in [-0.2, -0.15) is 5.10 Å². The van der Waals surface area contributed by atoms with Gasteiger partial charge in [0, 0.05) is 41.7 Å². The molecule has 0 saturated carbocycles. The molecule has 0 radical (unpaired) electrons. The molecule has 1 N–H and O–H groups in total. The van der Waals surface area contributed by atoms with E-state index in [0.717, 1.165) is 27.9 Å². The van der Waals surface area contributed by atoms with Gasteiger partial charge in [0.1, 0.15) is 17.2 Å². The summed E-state index contributed by atoms with van der Waals surface area (Å²) in [5, 5.41) is 5.54. The van der Waals surface area contributed by atoms with Gasteiger partial charge >= 0.3 is 0 Å². The second kappa shape index (κ2) is 8.04. The number of aromatic nitrogens is 4. The van der Waals surface area contributed by atoms with E-state index in [-0.39, 0.29) is 23.7 Å². The van der Waals surface area contributed by atoms with E-state index in [2.05, 4.69) is 9.97 Å². The molecule has 0 unspecified atom stereocenters. The Bertz CT molecular complexity index is 1470. The van der Waals surface area contributed by atoms with Crippen LogP contribution in [0.1, 0.15) is 50.4 Å². The lowest BCUT2D eigenvalue weighted by atomic mass is 9.98. The van der Waals surface area contributed by atoms with Gasteiger partial charge in [-0.3, -0.25) is 19.3 Å². The third-order valence-electron chi connectivity index (χ3n) is 7.03. The van der Waals surface area contributed by atoms with Crippen LogP contribution in [0, 0.1) is 12.7 Å². The number of fused-ring (bicyclic) bond motifs is 4. The molecule has 0 bridgehead atoms. The number of amides is 2. The molecule has 8 nitrogen and oxygen atoms in total. The highest BCUT2D eigenvalue weighted by molar-refractivity contribution is 5.99. The summed E-state index contributed by atoms with van der Waals surface area (Å²) in [5.74, 6) is -0.603. The summed E-state index contributed by atoms with van der Waals surface area (Å²) in [6.45, 7) is 5.72. The molecule has 2 amide bonds. The summed E-state index contributed by atoms with van der Waals surface area (Å²) in [5.41, 5.74) is 4.85. The number of aryl methyl sites for hydroxylation is 1. The number of nitrogens with one attached hydrogen (secondary N) is 1. The van der Waals surface area contributed by atoms with E-state index >= 15 is 0 Å². The fourth-order valence-corrected chi connectivity index (χ4v) is 5.22. The van der Waals surface area contributed by atoms with Crippen molar-refractivity contribution in [3.8, 4) is 0 Å². The number of hydrogen-bond donors (Lipinski definition) is 1. The number of rotatable bonds is 3. The minimum Gasteiger partial charge on any atom is -0.350 e. The molecule has 0 aliphatic carbocycles. The first kappa shape index (κ1) is 21.5. The van der Waals surface area contributed by atoms with Crippen LogP contribution in [0.15, 0.2) is 42.6 Å². The van der Waals surface area contributed by atoms with Gasteiger partial charge in [-0.05, 0) is 49.7 Å². The molecular weight excluding hydrogens is 447 g/mol. The Morgan fingerprint density at radius 1 is 1.23 bits per heavy atom. The van der Waals surface area contributed by atoms with E-state index in [1.165, 1.54) is 12.1 Å². The number of nitrogens with zero attached hydrogens (tertiary/aromatic N) is 5. The third-order valence-corrected chi connectivity index (χ3v) is 7.03. The van der Waals surface area contributed by atoms with Crippen molar-refractivity contribution in [2.24, 2.45) is 0 Å². The number of hydrogen-bond acceptors (Lipinski definition) is 4. The quantitative estimate of drug-likeness (QED) is 0.495. The van der Waals surface area contributed by atoms with E-state index < -0.39 is 0 Å². The van der Waals surface area contributed by atoms with Crippen LogP contribution in [0.25, 0.3) is 10.9 Å². The average molecular weight is 473 g/mol. The Labute approximate surface area is 201 Å². The Hall–Kier alpha value is -4.01. The Balaban J connectivity index is 1.30. The highest BCUT2D eigenvalue weighted by Crippen LogP contribution is 2.31. The molecule has 0 spiro atoms. The van der Waals surface area contributed by atoms with Crippen LogP contribution in [-0.4, -0.2) is 53.9 Å². The second-order valence-corrected chi connectivity index (χ2v) is 9.40. The van der Waals surface area contributed by atoms with Gasteiger partial charge < -0.3 is 14.8 Å². The van der Waals surface area contributed by atoms with Crippen LogP contribution in [0.5, 0.6) is 0 Å². The standard InChI is InChI=1S/C26H25FN6O2/c1-15-9-17(27)11-21-19(15)12-23(29-21)25(34)32-14-20-22(10-16(32)2)30-33-8-7-31(26(35)24(20)33)13-18-5-3-4-6-28-18/h3-6,9,11-12,16,29H,7-8,10,13-14H2,1-2H3/t16-/m1/s1. The Morgan fingerprint density at radius 2 is 2.09 bits per heavy atom. The molecule has 35 heavy (non-hydrogen) atoms. The molecule has 6 rings (SSSR count). The Kier molecular flexibility index (Phi) is 4.94. The highest BCUT2D eigenvalue weighted by atomic mass is 19.1. The van der Waals surface area contributed by atoms with Crippen LogP contribution < -0.4 is 0 Å². The van der Waals surface area contributed by atoms with Crippen LogP contribution in [0.4, 0.5) is 4.39 Å². The summed E-state index contributed by atoms with van der Waals surface area (Å²) in [6, 6.07) is 10.2. The molecule has 178 valence electrons. The fraction of sp³-hybridized carbons (Fsp3) is 0.308. The van der Waals surface area contributed by atoms with Crippen LogP contribution in [0.3, 0.4) is 0 Å². The first-order valence-electron chi connectivity index (χ1n) is 11.8. The average Bonchev–Trinajstić information content (AvgIpc) is 3.42. The van der Waals surface area contributed by atoms with Gasteiger partial charge in [0.2, 0.25) is 0 Å². The van der Waals surface area contributed by atoms with Gasteiger partial charge in [-0.15, -0.1) is 0 Å². The largest absolute Gasteiger partial charge is 0.350 e. The van der Waals surface area contributed by atoms with Crippen LogP contribution in [-0.2, 0) is 26.1 Å². The molecule has 5 heterocycles. The van der Waals surface area contributed by atoms with Crippen molar-refractivity contribution in [2.75, 3.05) is 6.54 Å². The van der Waals surface area contributed by atoms with Crippen LogP contribution >= 0.6 is 0 Å². The van der Waals surface area contributed by atoms with Crippen molar-refractivity contribution in [1.29, 1.82) is 0 Å². The summed E-state index contributed by atoms with van der Waals surface area (Å²) < 4.78 is 15.6. The summed E-state index contributed by atoms with van der Waals surface area (Å²) in [4.78, 5) is 38.0. The smallest absolute Gasteiger partial charge is 0.272 e. The van der Waals surface area contributed by atoms with E-state index in [0.29, 0.717) is 49.5 Å². The van der Waals surface area contributed by atoms with Gasteiger partial charge in [-0.25, -0.2) is 4.39 Å². The molecule has 0 fully saturated rings. The third kappa shape index (κ3) is 3.58. The summed E-state index contributed by atoms with van der Waals surface area (Å²) in [6.07, 6.45) is 2.29. The molecular formula is C26H25FN6O2. The summed E-state index contributed by atoms with van der Waals surface area (Å²) >= 11 is 0. The summed E-state index contributed by atoms with van der Waals surface area (Å²) in [7, 11) is 0.